The fraction of sp³-hybridized carbons (Fsp3) is 0. The van der Waals surface area contributed by atoms with Crippen molar-refractivity contribution in [1.29, 1.82) is 0 Å². The van der Waals surface area contributed by atoms with E-state index in [0.29, 0.717) is 16.5 Å². The zero-order valence-electron chi connectivity index (χ0n) is 6.78. The van der Waals surface area contributed by atoms with Crippen molar-refractivity contribution in [2.75, 3.05) is 0 Å². The fourth-order valence-corrected chi connectivity index (χ4v) is 1.20. The van der Waals surface area contributed by atoms with Crippen molar-refractivity contribution in [3.05, 3.63) is 59.9 Å². The molecule has 1 aromatic heterocycles. The Labute approximate surface area is 75.8 Å². The van der Waals surface area contributed by atoms with Crippen molar-refractivity contribution in [3.63, 3.8) is 0 Å². The molecule has 2 aromatic rings. The van der Waals surface area contributed by atoms with Crippen LogP contribution >= 0.6 is 0 Å². The van der Waals surface area contributed by atoms with Gasteiger partial charge < -0.3 is 4.42 Å². The lowest BCUT2D eigenvalue weighted by atomic mass is 10.1. The summed E-state index contributed by atoms with van der Waals surface area (Å²) in [6.07, 6.45) is 1.33. The molecule has 0 atom stereocenters. The van der Waals surface area contributed by atoms with Crippen LogP contribution in [-0.4, -0.2) is 0 Å². The molecule has 2 rings (SSSR count). The van der Waals surface area contributed by atoms with Gasteiger partial charge >= 0.3 is 5.63 Å². The average molecular weight is 170 g/mol. The first kappa shape index (κ1) is 8.05. The quantitative estimate of drug-likeness (QED) is 0.604. The lowest BCUT2D eigenvalue weighted by Gasteiger charge is -2.00. The van der Waals surface area contributed by atoms with Crippen molar-refractivity contribution < 1.29 is 4.42 Å². The summed E-state index contributed by atoms with van der Waals surface area (Å²) in [4.78, 5) is 11.2. The van der Waals surface area contributed by atoms with E-state index in [4.69, 9.17) is 13.8 Å². The molecule has 0 fully saturated rings. The number of hydrogen-bond donors (Lipinski definition) is 0. The lowest BCUT2D eigenvalue weighted by Crippen LogP contribution is -1.98. The smallest absolute Gasteiger partial charge is 0.343 e. The molecule has 0 amide bonds. The minimum Gasteiger partial charge on any atom is -0.431 e. The molecule has 0 aliphatic heterocycles. The third-order valence-electron chi connectivity index (χ3n) is 1.90. The molecule has 62 valence electrons. The number of rotatable bonds is 0. The molecule has 0 spiro atoms. The zero-order chi connectivity index (χ0) is 9.42. The molecule has 13 heavy (non-hydrogen) atoms. The third kappa shape index (κ3) is 1.24. The lowest BCUT2D eigenvalue weighted by molar-refractivity contribution is 0.519. The van der Waals surface area contributed by atoms with E-state index in [1.165, 1.54) is 12.3 Å². The van der Waals surface area contributed by atoms with Crippen molar-refractivity contribution in [3.8, 4) is 0 Å². The summed E-state index contributed by atoms with van der Waals surface area (Å²) >= 11 is 0. The third-order valence-corrected chi connectivity index (χ3v) is 1.90. The van der Waals surface area contributed by atoms with Gasteiger partial charge in [-0.1, -0.05) is 6.07 Å². The molecule has 4 radical (unpaired) electrons. The number of hydrogen-bond acceptors (Lipinski definition) is 2. The molecule has 1 heterocycles. The standard InChI is InChI=1S/C11H6O2/c1-7-5-9-3-4-13-11(12)10(9)6-8(7)2/h1-6H. The van der Waals surface area contributed by atoms with E-state index < -0.39 is 5.63 Å². The van der Waals surface area contributed by atoms with E-state index in [1.807, 2.05) is 0 Å². The van der Waals surface area contributed by atoms with E-state index in [9.17, 15) is 4.79 Å². The molecule has 2 heteroatoms. The fourth-order valence-electron chi connectivity index (χ4n) is 1.20. The van der Waals surface area contributed by atoms with Gasteiger partial charge in [0.25, 0.3) is 0 Å². The minimum atomic E-state index is -0.399. The first-order valence-electron chi connectivity index (χ1n) is 3.75. The van der Waals surface area contributed by atoms with Gasteiger partial charge in [0.05, 0.1) is 11.6 Å². The predicted molar refractivity (Wildman–Crippen MR) is 49.3 cm³/mol. The van der Waals surface area contributed by atoms with Gasteiger partial charge in [-0.05, 0) is 42.5 Å². The van der Waals surface area contributed by atoms with Crippen LogP contribution in [0.25, 0.3) is 10.8 Å². The largest absolute Gasteiger partial charge is 0.431 e. The van der Waals surface area contributed by atoms with Gasteiger partial charge in [-0.3, -0.25) is 0 Å². The Balaban J connectivity index is 2.97. The van der Waals surface area contributed by atoms with Gasteiger partial charge in [0, 0.05) is 0 Å². The van der Waals surface area contributed by atoms with Crippen molar-refractivity contribution in [2.24, 2.45) is 0 Å². The Morgan fingerprint density at radius 3 is 2.62 bits per heavy atom. The molecule has 0 bridgehead atoms. The van der Waals surface area contributed by atoms with Crippen molar-refractivity contribution in [1.82, 2.24) is 0 Å². The van der Waals surface area contributed by atoms with E-state index >= 15 is 0 Å². The van der Waals surface area contributed by atoms with E-state index in [1.54, 1.807) is 12.1 Å². The maximum absolute atomic E-state index is 11.2. The molecule has 1 aromatic carbocycles. The second-order valence-corrected chi connectivity index (χ2v) is 2.78. The van der Waals surface area contributed by atoms with E-state index in [-0.39, 0.29) is 0 Å². The summed E-state index contributed by atoms with van der Waals surface area (Å²) in [6.45, 7) is 11.1. The molecular weight excluding hydrogens is 164 g/mol. The first-order chi connectivity index (χ1) is 6.18. The summed E-state index contributed by atoms with van der Waals surface area (Å²) < 4.78 is 4.68. The van der Waals surface area contributed by atoms with Crippen LogP contribution < -0.4 is 5.63 Å². The van der Waals surface area contributed by atoms with Crippen LogP contribution in [-0.2, 0) is 0 Å². The molecule has 0 aliphatic rings. The summed E-state index contributed by atoms with van der Waals surface area (Å²) in [7, 11) is 0. The second kappa shape index (κ2) is 2.73. The molecule has 0 unspecified atom stereocenters. The van der Waals surface area contributed by atoms with Gasteiger partial charge in [0.1, 0.15) is 0 Å². The highest BCUT2D eigenvalue weighted by Gasteiger charge is 2.01. The van der Waals surface area contributed by atoms with Crippen LogP contribution in [0.2, 0.25) is 0 Å². The van der Waals surface area contributed by atoms with Crippen LogP contribution in [0.15, 0.2) is 33.7 Å². The maximum Gasteiger partial charge on any atom is 0.343 e. The van der Waals surface area contributed by atoms with Crippen molar-refractivity contribution in [2.45, 2.75) is 0 Å². The number of benzene rings is 1. The SMILES string of the molecule is [CH]c1cc2ccoc(=O)c2cc1[CH]. The van der Waals surface area contributed by atoms with Crippen LogP contribution in [0.1, 0.15) is 11.1 Å². The Bertz CT molecular complexity index is 509. The summed E-state index contributed by atoms with van der Waals surface area (Å²) in [5.41, 5.74) is 0.466. The highest BCUT2D eigenvalue weighted by molar-refractivity contribution is 5.83. The summed E-state index contributed by atoms with van der Waals surface area (Å²) in [6, 6.07) is 4.85. The average Bonchev–Trinajstić information content (AvgIpc) is 2.09. The zero-order valence-corrected chi connectivity index (χ0v) is 6.78. The van der Waals surface area contributed by atoms with Gasteiger partial charge in [-0.2, -0.15) is 0 Å². The Kier molecular flexibility index (Phi) is 1.69. The van der Waals surface area contributed by atoms with Crippen LogP contribution in [0, 0.1) is 13.8 Å². The van der Waals surface area contributed by atoms with Gasteiger partial charge in [0.15, 0.2) is 0 Å². The van der Waals surface area contributed by atoms with Crippen LogP contribution in [0.3, 0.4) is 0 Å². The Morgan fingerprint density at radius 1 is 1.15 bits per heavy atom. The molecule has 0 saturated heterocycles. The van der Waals surface area contributed by atoms with Crippen molar-refractivity contribution >= 4 is 10.8 Å². The minimum absolute atomic E-state index is 0.394. The molecule has 0 N–H and O–H groups in total. The van der Waals surface area contributed by atoms with E-state index in [2.05, 4.69) is 4.42 Å². The van der Waals surface area contributed by atoms with E-state index in [0.717, 1.165) is 5.39 Å². The predicted octanol–water partition coefficient (Wildman–Crippen LogP) is 1.91. The molecule has 0 saturated carbocycles. The normalized spacial score (nSPS) is 10.6. The van der Waals surface area contributed by atoms with Gasteiger partial charge in [-0.25, -0.2) is 4.79 Å². The first-order valence-corrected chi connectivity index (χ1v) is 3.75. The Hall–Kier alpha value is -1.57. The van der Waals surface area contributed by atoms with Crippen LogP contribution in [0.5, 0.6) is 0 Å². The highest BCUT2D eigenvalue weighted by Crippen LogP contribution is 2.15. The maximum atomic E-state index is 11.2. The number of fused-ring (bicyclic) bond motifs is 1. The summed E-state index contributed by atoms with van der Waals surface area (Å²) in [5, 5.41) is 1.19. The van der Waals surface area contributed by atoms with Gasteiger partial charge in [0.2, 0.25) is 0 Å². The molecular formula is C11H6O2. The topological polar surface area (TPSA) is 30.2 Å². The molecule has 2 nitrogen and oxygen atoms in total. The van der Waals surface area contributed by atoms with Crippen LogP contribution in [0.4, 0.5) is 0 Å². The van der Waals surface area contributed by atoms with Gasteiger partial charge in [-0.15, -0.1) is 0 Å². The highest BCUT2D eigenvalue weighted by atomic mass is 16.4. The molecule has 0 aliphatic carbocycles. The Morgan fingerprint density at radius 2 is 1.85 bits per heavy atom. The second-order valence-electron chi connectivity index (χ2n) is 2.78. The monoisotopic (exact) mass is 170 g/mol. The summed E-state index contributed by atoms with van der Waals surface area (Å²) in [5.74, 6) is 0.